The summed E-state index contributed by atoms with van der Waals surface area (Å²) in [6.07, 6.45) is -3.46. The third-order valence-electron chi connectivity index (χ3n) is 4.88. The summed E-state index contributed by atoms with van der Waals surface area (Å²) in [4.78, 5) is 8.30. The highest BCUT2D eigenvalue weighted by Gasteiger charge is 2.31. The van der Waals surface area contributed by atoms with E-state index >= 15 is 0 Å². The van der Waals surface area contributed by atoms with Crippen molar-refractivity contribution in [2.45, 2.75) is 12.7 Å². The van der Waals surface area contributed by atoms with Gasteiger partial charge in [0.05, 0.1) is 5.56 Å². The first kappa shape index (κ1) is 19.3. The van der Waals surface area contributed by atoms with Gasteiger partial charge in [0.25, 0.3) is 0 Å². The van der Waals surface area contributed by atoms with E-state index in [4.69, 9.17) is 9.47 Å². The fourth-order valence-electron chi connectivity index (χ4n) is 3.34. The minimum absolute atomic E-state index is 0.548. The van der Waals surface area contributed by atoms with Gasteiger partial charge in [0, 0.05) is 43.4 Å². The molecule has 0 atom stereocenters. The van der Waals surface area contributed by atoms with Crippen molar-refractivity contribution in [2.75, 3.05) is 44.3 Å². The minimum atomic E-state index is -4.36. The molecule has 5 nitrogen and oxygen atoms in total. The molecule has 1 fully saturated rings. The number of aromatic nitrogens is 1. The standard InChI is InChI=1S/C19H19BrF3N3O2/c20-15-10-17-16(27-7-8-28-17)9-13(15)12-25-3-5-26(6-4-25)18-2-1-14(11-24-18)19(21,22)23/h1-2,9-11H,3-8,12H2. The van der Waals surface area contributed by atoms with E-state index in [0.717, 1.165) is 53.4 Å². The second kappa shape index (κ2) is 7.79. The van der Waals surface area contributed by atoms with Crippen LogP contribution in [0.1, 0.15) is 11.1 Å². The van der Waals surface area contributed by atoms with Gasteiger partial charge in [-0.3, -0.25) is 4.90 Å². The zero-order valence-electron chi connectivity index (χ0n) is 15.0. The number of ether oxygens (including phenoxy) is 2. The first-order valence-electron chi connectivity index (χ1n) is 8.99. The Hall–Kier alpha value is -2.00. The Kier molecular flexibility index (Phi) is 5.37. The van der Waals surface area contributed by atoms with Crippen molar-refractivity contribution >= 4 is 21.7 Å². The number of rotatable bonds is 3. The normalized spacial score (nSPS) is 17.6. The van der Waals surface area contributed by atoms with Crippen LogP contribution in [-0.2, 0) is 12.7 Å². The van der Waals surface area contributed by atoms with Crippen molar-refractivity contribution in [2.24, 2.45) is 0 Å². The van der Waals surface area contributed by atoms with Crippen LogP contribution >= 0.6 is 15.9 Å². The predicted octanol–water partition coefficient (Wildman–Crippen LogP) is 3.96. The lowest BCUT2D eigenvalue weighted by atomic mass is 10.1. The van der Waals surface area contributed by atoms with Gasteiger partial charge >= 0.3 is 6.18 Å². The molecule has 28 heavy (non-hydrogen) atoms. The Labute approximate surface area is 169 Å². The smallest absolute Gasteiger partial charge is 0.417 e. The second-order valence-corrected chi connectivity index (χ2v) is 7.61. The van der Waals surface area contributed by atoms with Gasteiger partial charge in [-0.25, -0.2) is 4.98 Å². The molecule has 9 heteroatoms. The van der Waals surface area contributed by atoms with E-state index in [9.17, 15) is 13.2 Å². The maximum atomic E-state index is 12.7. The molecule has 0 bridgehead atoms. The topological polar surface area (TPSA) is 37.8 Å². The van der Waals surface area contributed by atoms with Crippen molar-refractivity contribution in [1.29, 1.82) is 0 Å². The lowest BCUT2D eigenvalue weighted by molar-refractivity contribution is -0.137. The van der Waals surface area contributed by atoms with Crippen molar-refractivity contribution in [3.63, 3.8) is 0 Å². The van der Waals surface area contributed by atoms with E-state index < -0.39 is 11.7 Å². The van der Waals surface area contributed by atoms with Crippen LogP contribution < -0.4 is 14.4 Å². The number of benzene rings is 1. The molecule has 0 spiro atoms. The average Bonchev–Trinajstić information content (AvgIpc) is 2.69. The number of hydrogen-bond donors (Lipinski definition) is 0. The van der Waals surface area contributed by atoms with E-state index in [2.05, 4.69) is 25.8 Å². The SMILES string of the molecule is FC(F)(F)c1ccc(N2CCN(Cc3cc4c(cc3Br)OCCO4)CC2)nc1. The number of piperazine rings is 1. The second-order valence-electron chi connectivity index (χ2n) is 6.75. The first-order valence-corrected chi connectivity index (χ1v) is 9.78. The monoisotopic (exact) mass is 457 g/mol. The van der Waals surface area contributed by atoms with Gasteiger partial charge in [-0.05, 0) is 29.8 Å². The molecule has 2 aromatic rings. The third-order valence-corrected chi connectivity index (χ3v) is 5.61. The zero-order chi connectivity index (χ0) is 19.7. The molecular formula is C19H19BrF3N3O2. The highest BCUT2D eigenvalue weighted by Crippen LogP contribution is 2.36. The van der Waals surface area contributed by atoms with Gasteiger partial charge in [-0.2, -0.15) is 13.2 Å². The van der Waals surface area contributed by atoms with E-state index in [1.807, 2.05) is 17.0 Å². The quantitative estimate of drug-likeness (QED) is 0.697. The molecule has 1 aromatic carbocycles. The Balaban J connectivity index is 1.37. The average molecular weight is 458 g/mol. The summed E-state index contributed by atoms with van der Waals surface area (Å²) in [7, 11) is 0. The van der Waals surface area contributed by atoms with E-state index in [-0.39, 0.29) is 0 Å². The number of alkyl halides is 3. The largest absolute Gasteiger partial charge is 0.486 e. The van der Waals surface area contributed by atoms with Gasteiger partial charge in [0.2, 0.25) is 0 Å². The molecule has 1 aromatic heterocycles. The molecule has 4 rings (SSSR count). The number of fused-ring (bicyclic) bond motifs is 1. The predicted molar refractivity (Wildman–Crippen MR) is 102 cm³/mol. The Morgan fingerprint density at radius 3 is 2.29 bits per heavy atom. The Morgan fingerprint density at radius 2 is 1.68 bits per heavy atom. The van der Waals surface area contributed by atoms with Crippen molar-refractivity contribution < 1.29 is 22.6 Å². The third kappa shape index (κ3) is 4.20. The summed E-state index contributed by atoms with van der Waals surface area (Å²) in [6.45, 7) is 4.87. The van der Waals surface area contributed by atoms with Crippen LogP contribution in [0.2, 0.25) is 0 Å². The maximum Gasteiger partial charge on any atom is 0.417 e. The fraction of sp³-hybridized carbons (Fsp3) is 0.421. The van der Waals surface area contributed by atoms with Crippen LogP contribution in [-0.4, -0.2) is 49.3 Å². The van der Waals surface area contributed by atoms with Crippen LogP contribution in [0.5, 0.6) is 11.5 Å². The van der Waals surface area contributed by atoms with Gasteiger partial charge in [-0.1, -0.05) is 15.9 Å². The first-order chi connectivity index (χ1) is 13.4. The van der Waals surface area contributed by atoms with E-state index in [1.165, 1.54) is 6.07 Å². The van der Waals surface area contributed by atoms with Crippen LogP contribution in [0.3, 0.4) is 0 Å². The molecule has 0 saturated carbocycles. The minimum Gasteiger partial charge on any atom is -0.486 e. The summed E-state index contributed by atoms with van der Waals surface area (Å²) in [6, 6.07) is 6.46. The summed E-state index contributed by atoms with van der Waals surface area (Å²) in [5.41, 5.74) is 0.392. The van der Waals surface area contributed by atoms with Gasteiger partial charge in [0.1, 0.15) is 19.0 Å². The summed E-state index contributed by atoms with van der Waals surface area (Å²) < 4.78 is 50.3. The van der Waals surface area contributed by atoms with Crippen molar-refractivity contribution in [1.82, 2.24) is 9.88 Å². The van der Waals surface area contributed by atoms with E-state index in [0.29, 0.717) is 32.1 Å². The van der Waals surface area contributed by atoms with Crippen molar-refractivity contribution in [3.05, 3.63) is 46.1 Å². The molecule has 150 valence electrons. The molecule has 0 N–H and O–H groups in total. The van der Waals surface area contributed by atoms with Crippen molar-refractivity contribution in [3.8, 4) is 11.5 Å². The zero-order valence-corrected chi connectivity index (χ0v) is 16.6. The van der Waals surface area contributed by atoms with E-state index in [1.54, 1.807) is 0 Å². The number of hydrogen-bond acceptors (Lipinski definition) is 5. The van der Waals surface area contributed by atoms with Crippen LogP contribution in [0.15, 0.2) is 34.9 Å². The molecule has 2 aliphatic heterocycles. The lowest BCUT2D eigenvalue weighted by Gasteiger charge is -2.35. The molecular weight excluding hydrogens is 439 g/mol. The van der Waals surface area contributed by atoms with Gasteiger partial charge in [0.15, 0.2) is 11.5 Å². The molecule has 0 aliphatic carbocycles. The summed E-state index contributed by atoms with van der Waals surface area (Å²) in [5.74, 6) is 2.09. The molecule has 0 unspecified atom stereocenters. The molecule has 3 heterocycles. The summed E-state index contributed by atoms with van der Waals surface area (Å²) in [5, 5.41) is 0. The lowest BCUT2D eigenvalue weighted by Crippen LogP contribution is -2.46. The highest BCUT2D eigenvalue weighted by atomic mass is 79.9. The Bertz CT molecular complexity index is 838. The molecule has 0 amide bonds. The molecule has 1 saturated heterocycles. The molecule has 2 aliphatic rings. The van der Waals surface area contributed by atoms with Gasteiger partial charge < -0.3 is 14.4 Å². The summed E-state index contributed by atoms with van der Waals surface area (Å²) >= 11 is 3.60. The Morgan fingerprint density at radius 1 is 1.00 bits per heavy atom. The maximum absolute atomic E-state index is 12.7. The van der Waals surface area contributed by atoms with Crippen LogP contribution in [0, 0.1) is 0 Å². The number of anilines is 1. The number of pyridine rings is 1. The highest BCUT2D eigenvalue weighted by molar-refractivity contribution is 9.10. The molecule has 0 radical (unpaired) electrons. The van der Waals surface area contributed by atoms with Crippen LogP contribution in [0.25, 0.3) is 0 Å². The number of halogens is 4. The van der Waals surface area contributed by atoms with Gasteiger partial charge in [-0.15, -0.1) is 0 Å². The van der Waals surface area contributed by atoms with Crippen LogP contribution in [0.4, 0.5) is 19.0 Å². The number of nitrogens with zero attached hydrogens (tertiary/aromatic N) is 3. The fourth-order valence-corrected chi connectivity index (χ4v) is 3.79.